The summed E-state index contributed by atoms with van der Waals surface area (Å²) in [7, 11) is 0. The molecule has 0 amide bonds. The number of hydrogen-bond donors (Lipinski definition) is 1. The van der Waals surface area contributed by atoms with Crippen LogP contribution in [0.15, 0.2) is 29.2 Å². The molecular weight excluding hydrogens is 238 g/mol. The van der Waals surface area contributed by atoms with E-state index in [9.17, 15) is 0 Å². The van der Waals surface area contributed by atoms with E-state index in [1.54, 1.807) is 11.8 Å². The van der Waals surface area contributed by atoms with Gasteiger partial charge in [-0.25, -0.2) is 0 Å². The predicted molar refractivity (Wildman–Crippen MR) is 80.8 cm³/mol. The first-order valence-electron chi connectivity index (χ1n) is 7.01. The number of hydrogen-bond acceptors (Lipinski definition) is 2. The quantitative estimate of drug-likeness (QED) is 0.814. The summed E-state index contributed by atoms with van der Waals surface area (Å²) in [6.07, 6.45) is 6.02. The van der Waals surface area contributed by atoms with Crippen LogP contribution in [0.2, 0.25) is 0 Å². The molecule has 4 unspecified atom stereocenters. The Hall–Kier alpha value is -0.470. The predicted octanol–water partition coefficient (Wildman–Crippen LogP) is 4.48. The summed E-state index contributed by atoms with van der Waals surface area (Å²) in [5, 5.41) is 0. The second kappa shape index (κ2) is 6.12. The average molecular weight is 263 g/mol. The molecule has 0 spiro atoms. The van der Waals surface area contributed by atoms with E-state index in [2.05, 4.69) is 44.4 Å². The van der Waals surface area contributed by atoms with E-state index in [1.165, 1.54) is 29.7 Å². The van der Waals surface area contributed by atoms with Crippen molar-refractivity contribution >= 4 is 11.8 Å². The van der Waals surface area contributed by atoms with Crippen molar-refractivity contribution in [3.8, 4) is 0 Å². The molecule has 1 nitrogen and oxygen atoms in total. The smallest absolute Gasteiger partial charge is 0.0323 e. The number of benzene rings is 1. The Kier molecular flexibility index (Phi) is 4.74. The summed E-state index contributed by atoms with van der Waals surface area (Å²) < 4.78 is 0. The van der Waals surface area contributed by atoms with Crippen LogP contribution in [0.1, 0.15) is 44.7 Å². The van der Waals surface area contributed by atoms with E-state index in [0.29, 0.717) is 5.92 Å². The van der Waals surface area contributed by atoms with Crippen LogP contribution < -0.4 is 5.73 Å². The molecule has 2 N–H and O–H groups in total. The summed E-state index contributed by atoms with van der Waals surface area (Å²) in [5.41, 5.74) is 7.77. The van der Waals surface area contributed by atoms with Gasteiger partial charge in [0.05, 0.1) is 0 Å². The summed E-state index contributed by atoms with van der Waals surface area (Å²) >= 11 is 1.78. The molecule has 0 aliphatic heterocycles. The van der Waals surface area contributed by atoms with Gasteiger partial charge >= 0.3 is 0 Å². The normalized spacial score (nSPS) is 30.1. The molecule has 0 saturated heterocycles. The van der Waals surface area contributed by atoms with Crippen molar-refractivity contribution in [2.45, 2.75) is 44.0 Å². The van der Waals surface area contributed by atoms with Crippen molar-refractivity contribution in [1.29, 1.82) is 0 Å². The minimum Gasteiger partial charge on any atom is -0.324 e. The highest BCUT2D eigenvalue weighted by molar-refractivity contribution is 7.98. The Morgan fingerprint density at radius 1 is 1.11 bits per heavy atom. The van der Waals surface area contributed by atoms with Crippen LogP contribution in [-0.2, 0) is 0 Å². The molecule has 2 heteroatoms. The fraction of sp³-hybridized carbons (Fsp3) is 0.625. The summed E-state index contributed by atoms with van der Waals surface area (Å²) in [4.78, 5) is 1.32. The van der Waals surface area contributed by atoms with Crippen LogP contribution in [0.5, 0.6) is 0 Å². The van der Waals surface area contributed by atoms with Crippen molar-refractivity contribution in [2.75, 3.05) is 6.26 Å². The minimum atomic E-state index is 0.218. The van der Waals surface area contributed by atoms with E-state index < -0.39 is 0 Å². The SMILES string of the molecule is CSc1ccc(C(N)C2CCC(C)C(C)C2)cc1. The van der Waals surface area contributed by atoms with Gasteiger partial charge in [-0.15, -0.1) is 11.8 Å². The average Bonchev–Trinajstić information content (AvgIpc) is 2.41. The summed E-state index contributed by atoms with van der Waals surface area (Å²) in [6, 6.07) is 9.01. The van der Waals surface area contributed by atoms with Crippen molar-refractivity contribution in [3.63, 3.8) is 0 Å². The van der Waals surface area contributed by atoms with E-state index in [4.69, 9.17) is 5.73 Å². The molecule has 1 fully saturated rings. The zero-order valence-electron chi connectivity index (χ0n) is 11.7. The maximum Gasteiger partial charge on any atom is 0.0323 e. The van der Waals surface area contributed by atoms with E-state index in [-0.39, 0.29) is 6.04 Å². The first-order chi connectivity index (χ1) is 8.61. The maximum absolute atomic E-state index is 6.46. The van der Waals surface area contributed by atoms with Crippen molar-refractivity contribution in [2.24, 2.45) is 23.5 Å². The minimum absolute atomic E-state index is 0.218. The molecule has 18 heavy (non-hydrogen) atoms. The number of rotatable bonds is 3. The van der Waals surface area contributed by atoms with E-state index in [0.717, 1.165) is 11.8 Å². The van der Waals surface area contributed by atoms with Crippen LogP contribution in [-0.4, -0.2) is 6.26 Å². The van der Waals surface area contributed by atoms with Gasteiger partial charge in [0.2, 0.25) is 0 Å². The zero-order chi connectivity index (χ0) is 13.1. The van der Waals surface area contributed by atoms with Gasteiger partial charge in [0.25, 0.3) is 0 Å². The lowest BCUT2D eigenvalue weighted by molar-refractivity contribution is 0.186. The molecule has 0 aromatic heterocycles. The van der Waals surface area contributed by atoms with Gasteiger partial charge in [-0.05, 0) is 54.5 Å². The third kappa shape index (κ3) is 3.10. The lowest BCUT2D eigenvalue weighted by Gasteiger charge is -2.35. The van der Waals surface area contributed by atoms with Gasteiger partial charge in [-0.3, -0.25) is 0 Å². The second-order valence-electron chi connectivity index (χ2n) is 5.83. The molecule has 1 aromatic carbocycles. The molecule has 1 aliphatic rings. The Labute approximate surface area is 116 Å². The largest absolute Gasteiger partial charge is 0.324 e. The van der Waals surface area contributed by atoms with Crippen molar-refractivity contribution in [1.82, 2.24) is 0 Å². The highest BCUT2D eigenvalue weighted by Crippen LogP contribution is 2.38. The summed E-state index contributed by atoms with van der Waals surface area (Å²) in [5.74, 6) is 2.35. The molecular formula is C16H25NS. The van der Waals surface area contributed by atoms with Crippen LogP contribution in [0.3, 0.4) is 0 Å². The Bertz CT molecular complexity index is 373. The van der Waals surface area contributed by atoms with Gasteiger partial charge in [0.1, 0.15) is 0 Å². The van der Waals surface area contributed by atoms with Gasteiger partial charge in [0.15, 0.2) is 0 Å². The topological polar surface area (TPSA) is 26.0 Å². The van der Waals surface area contributed by atoms with E-state index in [1.807, 2.05) is 0 Å². The molecule has 100 valence electrons. The Morgan fingerprint density at radius 2 is 1.78 bits per heavy atom. The fourth-order valence-corrected chi connectivity index (χ4v) is 3.42. The van der Waals surface area contributed by atoms with Gasteiger partial charge in [-0.2, -0.15) is 0 Å². The molecule has 0 heterocycles. The van der Waals surface area contributed by atoms with Crippen LogP contribution in [0.25, 0.3) is 0 Å². The zero-order valence-corrected chi connectivity index (χ0v) is 12.5. The lowest BCUT2D eigenvalue weighted by atomic mass is 9.72. The van der Waals surface area contributed by atoms with Crippen LogP contribution >= 0.6 is 11.8 Å². The van der Waals surface area contributed by atoms with E-state index >= 15 is 0 Å². The third-order valence-corrected chi connectivity index (χ3v) is 5.39. The van der Waals surface area contributed by atoms with Gasteiger partial charge in [0, 0.05) is 10.9 Å². The highest BCUT2D eigenvalue weighted by atomic mass is 32.2. The highest BCUT2D eigenvalue weighted by Gasteiger charge is 2.28. The van der Waals surface area contributed by atoms with Crippen LogP contribution in [0.4, 0.5) is 0 Å². The first-order valence-corrected chi connectivity index (χ1v) is 8.23. The Morgan fingerprint density at radius 3 is 2.33 bits per heavy atom. The monoisotopic (exact) mass is 263 g/mol. The fourth-order valence-electron chi connectivity index (χ4n) is 3.01. The molecule has 2 rings (SSSR count). The molecule has 1 saturated carbocycles. The molecule has 0 bridgehead atoms. The van der Waals surface area contributed by atoms with Crippen LogP contribution in [0, 0.1) is 17.8 Å². The summed E-state index contributed by atoms with van der Waals surface area (Å²) in [6.45, 7) is 4.75. The van der Waals surface area contributed by atoms with Gasteiger partial charge < -0.3 is 5.73 Å². The van der Waals surface area contributed by atoms with Crippen molar-refractivity contribution < 1.29 is 0 Å². The maximum atomic E-state index is 6.46. The standard InChI is InChI=1S/C16H25NS/c1-11-4-5-14(10-12(11)2)16(17)13-6-8-15(18-3)9-7-13/h6-9,11-12,14,16H,4-5,10,17H2,1-3H3. The molecule has 0 radical (unpaired) electrons. The molecule has 4 atom stereocenters. The first kappa shape index (κ1) is 14.0. The van der Waals surface area contributed by atoms with Gasteiger partial charge in [-0.1, -0.05) is 32.4 Å². The second-order valence-corrected chi connectivity index (χ2v) is 6.71. The lowest BCUT2D eigenvalue weighted by Crippen LogP contribution is -2.29. The van der Waals surface area contributed by atoms with Crippen molar-refractivity contribution in [3.05, 3.63) is 29.8 Å². The number of nitrogens with two attached hydrogens (primary N) is 1. The molecule has 1 aliphatic carbocycles. The molecule has 1 aromatic rings. The third-order valence-electron chi connectivity index (χ3n) is 4.65. The Balaban J connectivity index is 2.03. The number of thioether (sulfide) groups is 1.